The molecule has 0 radical (unpaired) electrons. The molecule has 0 aromatic rings. The van der Waals surface area contributed by atoms with E-state index in [1.807, 2.05) is 14.1 Å². The first-order valence-electron chi connectivity index (χ1n) is 12.1. The van der Waals surface area contributed by atoms with Crippen LogP contribution in [0, 0.1) is 5.41 Å². The first kappa shape index (κ1) is 25.6. The fourth-order valence-corrected chi connectivity index (χ4v) is 4.62. The highest BCUT2D eigenvalue weighted by Crippen LogP contribution is 2.26. The Hall–Kier alpha value is -1.63. The predicted octanol–water partition coefficient (Wildman–Crippen LogP) is 2.64. The van der Waals surface area contributed by atoms with Gasteiger partial charge in [0, 0.05) is 26.1 Å². The Kier molecular flexibility index (Phi) is 9.79. The van der Waals surface area contributed by atoms with Crippen molar-refractivity contribution in [1.29, 1.82) is 0 Å². The molecule has 0 bridgehead atoms. The maximum atomic E-state index is 13.3. The van der Waals surface area contributed by atoms with Gasteiger partial charge in [-0.15, -0.1) is 0 Å². The van der Waals surface area contributed by atoms with Gasteiger partial charge in [0.15, 0.2) is 0 Å². The van der Waals surface area contributed by atoms with Gasteiger partial charge in [-0.2, -0.15) is 0 Å². The molecule has 2 saturated heterocycles. The Morgan fingerprint density at radius 3 is 2.23 bits per heavy atom. The summed E-state index contributed by atoms with van der Waals surface area (Å²) in [5.74, 6) is -0.0101. The Morgan fingerprint density at radius 1 is 0.935 bits per heavy atom. The van der Waals surface area contributed by atoms with E-state index in [-0.39, 0.29) is 23.8 Å². The predicted molar refractivity (Wildman–Crippen MR) is 124 cm³/mol. The lowest BCUT2D eigenvalue weighted by Gasteiger charge is -2.31. The van der Waals surface area contributed by atoms with Crippen molar-refractivity contribution < 1.29 is 14.4 Å². The molecule has 3 amide bonds. The van der Waals surface area contributed by atoms with Gasteiger partial charge in [-0.3, -0.25) is 14.4 Å². The lowest BCUT2D eigenvalue weighted by atomic mass is 9.90. The van der Waals surface area contributed by atoms with Crippen molar-refractivity contribution >= 4 is 17.7 Å². The largest absolute Gasteiger partial charge is 0.354 e. The number of carbonyl (C=O) groups excluding carboxylic acids is 3. The summed E-state index contributed by atoms with van der Waals surface area (Å²) < 4.78 is 0. The van der Waals surface area contributed by atoms with Gasteiger partial charge in [-0.1, -0.05) is 27.2 Å². The van der Waals surface area contributed by atoms with Crippen molar-refractivity contribution in [2.45, 2.75) is 90.6 Å². The molecular formula is C24H44N4O3. The number of nitrogens with one attached hydrogen (secondary N) is 1. The third kappa shape index (κ3) is 8.09. The molecule has 2 aliphatic rings. The minimum atomic E-state index is -0.396. The molecule has 2 heterocycles. The summed E-state index contributed by atoms with van der Waals surface area (Å²) >= 11 is 0. The molecule has 7 nitrogen and oxygen atoms in total. The quantitative estimate of drug-likeness (QED) is 0.535. The number of hydrogen-bond donors (Lipinski definition) is 1. The second-order valence-electron chi connectivity index (χ2n) is 10.7. The highest BCUT2D eigenvalue weighted by atomic mass is 16.2. The molecule has 0 aliphatic carbocycles. The summed E-state index contributed by atoms with van der Waals surface area (Å²) in [6, 6.07) is -0.784. The van der Waals surface area contributed by atoms with Crippen LogP contribution in [-0.4, -0.2) is 84.8 Å². The van der Waals surface area contributed by atoms with Crippen molar-refractivity contribution in [1.82, 2.24) is 20.0 Å². The Morgan fingerprint density at radius 2 is 1.58 bits per heavy atom. The Labute approximate surface area is 188 Å². The van der Waals surface area contributed by atoms with Crippen LogP contribution in [0.2, 0.25) is 0 Å². The summed E-state index contributed by atoms with van der Waals surface area (Å²) in [5.41, 5.74) is 0.315. The van der Waals surface area contributed by atoms with E-state index in [0.29, 0.717) is 44.3 Å². The maximum Gasteiger partial charge on any atom is 0.246 e. The molecule has 178 valence electrons. The van der Waals surface area contributed by atoms with Crippen molar-refractivity contribution in [2.75, 3.05) is 40.3 Å². The van der Waals surface area contributed by atoms with Crippen LogP contribution in [-0.2, 0) is 14.4 Å². The smallest absolute Gasteiger partial charge is 0.246 e. The summed E-state index contributed by atoms with van der Waals surface area (Å²) in [4.78, 5) is 44.3. The molecule has 2 aliphatic heterocycles. The van der Waals surface area contributed by atoms with E-state index in [1.165, 1.54) is 0 Å². The fourth-order valence-electron chi connectivity index (χ4n) is 4.62. The number of nitrogens with zero attached hydrogens (tertiary/aromatic N) is 3. The molecule has 0 aromatic heterocycles. The van der Waals surface area contributed by atoms with E-state index in [0.717, 1.165) is 45.1 Å². The van der Waals surface area contributed by atoms with E-state index in [9.17, 15) is 14.4 Å². The van der Waals surface area contributed by atoms with Crippen LogP contribution in [0.3, 0.4) is 0 Å². The van der Waals surface area contributed by atoms with Gasteiger partial charge in [-0.25, -0.2) is 0 Å². The van der Waals surface area contributed by atoms with E-state index in [1.54, 1.807) is 9.80 Å². The third-order valence-corrected chi connectivity index (χ3v) is 6.35. The van der Waals surface area contributed by atoms with Crippen molar-refractivity contribution in [2.24, 2.45) is 5.41 Å². The number of rotatable bonds is 10. The van der Waals surface area contributed by atoms with Crippen LogP contribution < -0.4 is 5.32 Å². The Bertz CT molecular complexity index is 614. The van der Waals surface area contributed by atoms with Crippen LogP contribution in [0.4, 0.5) is 0 Å². The van der Waals surface area contributed by atoms with Crippen molar-refractivity contribution in [3.63, 3.8) is 0 Å². The summed E-state index contributed by atoms with van der Waals surface area (Å²) in [6.07, 6.45) is 7.57. The average molecular weight is 437 g/mol. The average Bonchev–Trinajstić information content (AvgIpc) is 3.35. The summed E-state index contributed by atoms with van der Waals surface area (Å²) in [5, 5.41) is 3.04. The van der Waals surface area contributed by atoms with E-state index in [2.05, 4.69) is 31.0 Å². The second kappa shape index (κ2) is 11.8. The number of hydrogen-bond acceptors (Lipinski definition) is 4. The normalized spacial score (nSPS) is 21.7. The number of amides is 3. The standard InChI is InChI=1S/C24H44N4O3/c1-24(2,3)14-6-7-15-25-22(30)19-11-8-18-28(19)23(31)20-12-9-17-27(20)21(29)13-10-16-26(4)5/h19-20H,6-18H2,1-5H3,(H,25,30). The van der Waals surface area contributed by atoms with Crippen LogP contribution in [0.5, 0.6) is 0 Å². The van der Waals surface area contributed by atoms with E-state index >= 15 is 0 Å². The highest BCUT2D eigenvalue weighted by Gasteiger charge is 2.41. The molecule has 2 rings (SSSR count). The minimum Gasteiger partial charge on any atom is -0.354 e. The van der Waals surface area contributed by atoms with E-state index in [4.69, 9.17) is 0 Å². The first-order valence-corrected chi connectivity index (χ1v) is 12.1. The molecule has 0 saturated carbocycles. The van der Waals surface area contributed by atoms with Gasteiger partial charge in [0.05, 0.1) is 0 Å². The molecule has 2 atom stereocenters. The molecule has 1 N–H and O–H groups in total. The number of likely N-dealkylation sites (tertiary alicyclic amines) is 2. The zero-order valence-electron chi connectivity index (χ0n) is 20.4. The van der Waals surface area contributed by atoms with Crippen molar-refractivity contribution in [3.05, 3.63) is 0 Å². The molecule has 0 aromatic carbocycles. The van der Waals surface area contributed by atoms with Gasteiger partial charge in [0.2, 0.25) is 17.7 Å². The molecule has 0 spiro atoms. The second-order valence-corrected chi connectivity index (χ2v) is 10.7. The zero-order chi connectivity index (χ0) is 23.0. The summed E-state index contributed by atoms with van der Waals surface area (Å²) in [7, 11) is 3.99. The summed E-state index contributed by atoms with van der Waals surface area (Å²) in [6.45, 7) is 9.47. The van der Waals surface area contributed by atoms with Crippen LogP contribution >= 0.6 is 0 Å². The molecule has 2 unspecified atom stereocenters. The SMILES string of the molecule is CN(C)CCCC(=O)N1CCCC1C(=O)N1CCCC1C(=O)NCCCCC(C)(C)C. The van der Waals surface area contributed by atoms with Crippen LogP contribution in [0.1, 0.15) is 78.6 Å². The fraction of sp³-hybridized carbons (Fsp3) is 0.875. The van der Waals surface area contributed by atoms with Gasteiger partial charge < -0.3 is 20.0 Å². The number of carbonyl (C=O) groups is 3. The molecule has 7 heteroatoms. The maximum absolute atomic E-state index is 13.3. The number of unbranched alkanes of at least 4 members (excludes halogenated alkanes) is 1. The lowest BCUT2D eigenvalue weighted by Crippen LogP contribution is -2.53. The zero-order valence-corrected chi connectivity index (χ0v) is 20.4. The van der Waals surface area contributed by atoms with Gasteiger partial charge >= 0.3 is 0 Å². The topological polar surface area (TPSA) is 73.0 Å². The molecule has 2 fully saturated rings. The third-order valence-electron chi connectivity index (χ3n) is 6.35. The van der Waals surface area contributed by atoms with Crippen LogP contribution in [0.15, 0.2) is 0 Å². The first-order chi connectivity index (χ1) is 14.6. The highest BCUT2D eigenvalue weighted by molar-refractivity contribution is 5.92. The van der Waals surface area contributed by atoms with Crippen molar-refractivity contribution in [3.8, 4) is 0 Å². The minimum absolute atomic E-state index is 0.0381. The lowest BCUT2D eigenvalue weighted by molar-refractivity contribution is -0.146. The molecule has 31 heavy (non-hydrogen) atoms. The Balaban J connectivity index is 1.85. The van der Waals surface area contributed by atoms with Crippen LogP contribution in [0.25, 0.3) is 0 Å². The van der Waals surface area contributed by atoms with Gasteiger partial charge in [0.1, 0.15) is 12.1 Å². The van der Waals surface area contributed by atoms with Gasteiger partial charge in [0.25, 0.3) is 0 Å². The monoisotopic (exact) mass is 436 g/mol. The molecular weight excluding hydrogens is 392 g/mol. The van der Waals surface area contributed by atoms with E-state index < -0.39 is 6.04 Å². The van der Waals surface area contributed by atoms with Gasteiger partial charge in [-0.05, 0) is 71.0 Å².